The highest BCUT2D eigenvalue weighted by molar-refractivity contribution is 6.31. The molecule has 3 heterocycles. The van der Waals surface area contributed by atoms with Crippen molar-refractivity contribution in [1.82, 2.24) is 0 Å². The molecule has 0 aromatic heterocycles. The molecule has 6 heteroatoms. The predicted molar refractivity (Wildman–Crippen MR) is 93.4 cm³/mol. The minimum absolute atomic E-state index is 0.105. The number of carbonyl (C=O) groups excluding carboxylic acids is 2. The molecule has 4 rings (SSSR count). The summed E-state index contributed by atoms with van der Waals surface area (Å²) in [5, 5.41) is 0.566. The van der Waals surface area contributed by atoms with E-state index in [4.69, 9.17) is 21.1 Å². The Labute approximate surface area is 151 Å². The Balaban J connectivity index is 1.60. The molecule has 0 aliphatic carbocycles. The minimum Gasteiger partial charge on any atom is -0.465 e. The van der Waals surface area contributed by atoms with Gasteiger partial charge in [-0.1, -0.05) is 43.2 Å². The van der Waals surface area contributed by atoms with E-state index in [0.717, 1.165) is 18.5 Å². The largest absolute Gasteiger partial charge is 0.465 e. The summed E-state index contributed by atoms with van der Waals surface area (Å²) in [5.74, 6) is -1.54. The van der Waals surface area contributed by atoms with Gasteiger partial charge in [-0.2, -0.15) is 0 Å². The summed E-state index contributed by atoms with van der Waals surface area (Å²) < 4.78 is 11.5. The first-order chi connectivity index (χ1) is 12.1. The van der Waals surface area contributed by atoms with Crippen LogP contribution in [0.5, 0.6) is 0 Å². The number of carbonyl (C=O) groups is 2. The predicted octanol–water partition coefficient (Wildman–Crippen LogP) is 2.97. The first-order valence-electron chi connectivity index (χ1n) is 8.66. The van der Waals surface area contributed by atoms with E-state index in [0.29, 0.717) is 18.2 Å². The molecule has 0 N–H and O–H groups in total. The molecule has 1 aromatic carbocycles. The van der Waals surface area contributed by atoms with Crippen LogP contribution in [0.1, 0.15) is 19.8 Å². The van der Waals surface area contributed by atoms with Crippen LogP contribution in [0.4, 0.5) is 5.69 Å². The number of esters is 1. The molecular formula is C19H20ClNO4. The molecule has 1 amide bonds. The molecule has 2 fully saturated rings. The van der Waals surface area contributed by atoms with Crippen molar-refractivity contribution in [3.05, 3.63) is 41.4 Å². The first-order valence-corrected chi connectivity index (χ1v) is 9.04. The van der Waals surface area contributed by atoms with Crippen molar-refractivity contribution in [2.45, 2.75) is 31.5 Å². The lowest BCUT2D eigenvalue weighted by atomic mass is 9.77. The van der Waals surface area contributed by atoms with Gasteiger partial charge in [0.1, 0.15) is 11.5 Å². The van der Waals surface area contributed by atoms with Gasteiger partial charge in [-0.15, -0.1) is 0 Å². The highest BCUT2D eigenvalue weighted by Crippen LogP contribution is 2.53. The number of fused-ring (bicyclic) bond motifs is 1. The van der Waals surface area contributed by atoms with Crippen LogP contribution in [0, 0.1) is 11.8 Å². The summed E-state index contributed by atoms with van der Waals surface area (Å²) in [6.45, 7) is 2.81. The molecule has 1 spiro atoms. The maximum Gasteiger partial charge on any atom is 0.312 e. The van der Waals surface area contributed by atoms with E-state index < -0.39 is 17.4 Å². The molecule has 2 saturated heterocycles. The third-order valence-electron chi connectivity index (χ3n) is 5.23. The van der Waals surface area contributed by atoms with Crippen LogP contribution >= 0.6 is 11.6 Å². The van der Waals surface area contributed by atoms with Crippen molar-refractivity contribution < 1.29 is 19.1 Å². The molecule has 3 aliphatic heterocycles. The van der Waals surface area contributed by atoms with Gasteiger partial charge in [0.2, 0.25) is 5.91 Å². The van der Waals surface area contributed by atoms with E-state index in [-0.39, 0.29) is 18.0 Å². The molecular weight excluding hydrogens is 342 g/mol. The average Bonchev–Trinajstić information content (AvgIpc) is 3.23. The number of halogens is 1. The van der Waals surface area contributed by atoms with E-state index >= 15 is 0 Å². The van der Waals surface area contributed by atoms with Gasteiger partial charge in [-0.25, -0.2) is 0 Å². The Morgan fingerprint density at radius 3 is 3.08 bits per heavy atom. The van der Waals surface area contributed by atoms with E-state index in [1.165, 1.54) is 0 Å². The molecule has 132 valence electrons. The van der Waals surface area contributed by atoms with Gasteiger partial charge in [0.05, 0.1) is 25.2 Å². The van der Waals surface area contributed by atoms with Gasteiger partial charge in [0.15, 0.2) is 0 Å². The number of nitrogens with zero attached hydrogens (tertiary/aromatic N) is 1. The fourth-order valence-electron chi connectivity index (χ4n) is 4.04. The SMILES string of the molecule is CCCCOC(=O)[C@H]1[C@H]2C(=O)N(c3cccc(Cl)c3)C[C@]23C=C[C@H]1O3. The molecule has 0 radical (unpaired) electrons. The molecule has 0 unspecified atom stereocenters. The second-order valence-corrected chi connectivity index (χ2v) is 7.26. The number of ether oxygens (including phenoxy) is 2. The van der Waals surface area contributed by atoms with Crippen molar-refractivity contribution in [2.24, 2.45) is 11.8 Å². The van der Waals surface area contributed by atoms with Gasteiger partial charge >= 0.3 is 5.97 Å². The van der Waals surface area contributed by atoms with Gasteiger partial charge in [-0.05, 0) is 24.6 Å². The number of hydrogen-bond donors (Lipinski definition) is 0. The third kappa shape index (κ3) is 2.57. The lowest BCUT2D eigenvalue weighted by molar-refractivity contribution is -0.152. The Morgan fingerprint density at radius 1 is 1.48 bits per heavy atom. The zero-order chi connectivity index (χ0) is 17.6. The quantitative estimate of drug-likeness (QED) is 0.459. The molecule has 1 aromatic rings. The molecule has 5 nitrogen and oxygen atoms in total. The summed E-state index contributed by atoms with van der Waals surface area (Å²) >= 11 is 6.06. The average molecular weight is 362 g/mol. The Bertz CT molecular complexity index is 749. The standard InChI is InChI=1S/C19H20ClNO4/c1-2-3-9-24-18(23)15-14-7-8-19(25-14)11-21(17(22)16(15)19)13-6-4-5-12(20)10-13/h4-8,10,14-16H,2-3,9,11H2,1H3/t14-,15-,16+,19-/m1/s1. The zero-order valence-corrected chi connectivity index (χ0v) is 14.7. The van der Waals surface area contributed by atoms with Gasteiger partial charge in [0, 0.05) is 10.7 Å². The van der Waals surface area contributed by atoms with Crippen LogP contribution in [0.25, 0.3) is 0 Å². The number of benzene rings is 1. The number of rotatable bonds is 5. The summed E-state index contributed by atoms with van der Waals surface area (Å²) in [5.41, 5.74) is -0.0155. The Hall–Kier alpha value is -1.85. The van der Waals surface area contributed by atoms with Crippen molar-refractivity contribution in [2.75, 3.05) is 18.1 Å². The number of hydrogen-bond acceptors (Lipinski definition) is 4. The van der Waals surface area contributed by atoms with Gasteiger partial charge < -0.3 is 14.4 Å². The minimum atomic E-state index is -0.738. The second kappa shape index (κ2) is 6.15. The zero-order valence-electron chi connectivity index (χ0n) is 14.0. The van der Waals surface area contributed by atoms with E-state index in [1.807, 2.05) is 25.1 Å². The normalized spacial score (nSPS) is 32.3. The van der Waals surface area contributed by atoms with Crippen LogP contribution in [0.2, 0.25) is 5.02 Å². The summed E-state index contributed by atoms with van der Waals surface area (Å²) in [4.78, 5) is 27.3. The molecule has 0 saturated carbocycles. The van der Waals surface area contributed by atoms with Crippen LogP contribution in [0.15, 0.2) is 36.4 Å². The van der Waals surface area contributed by atoms with Gasteiger partial charge in [-0.3, -0.25) is 9.59 Å². The highest BCUT2D eigenvalue weighted by Gasteiger charge is 2.67. The molecule has 2 bridgehead atoms. The van der Waals surface area contributed by atoms with E-state index in [2.05, 4.69) is 0 Å². The molecule has 3 aliphatic rings. The molecule has 25 heavy (non-hydrogen) atoms. The van der Waals surface area contributed by atoms with Crippen LogP contribution in [-0.2, 0) is 19.1 Å². The number of amides is 1. The number of anilines is 1. The Kier molecular flexibility index (Phi) is 4.08. The van der Waals surface area contributed by atoms with Crippen LogP contribution in [-0.4, -0.2) is 36.7 Å². The third-order valence-corrected chi connectivity index (χ3v) is 5.47. The second-order valence-electron chi connectivity index (χ2n) is 6.83. The Morgan fingerprint density at radius 2 is 2.32 bits per heavy atom. The van der Waals surface area contributed by atoms with Gasteiger partial charge in [0.25, 0.3) is 0 Å². The fraction of sp³-hybridized carbons (Fsp3) is 0.474. The lowest BCUT2D eigenvalue weighted by Gasteiger charge is -2.22. The monoisotopic (exact) mass is 361 g/mol. The van der Waals surface area contributed by atoms with Crippen LogP contribution < -0.4 is 4.90 Å². The number of unbranched alkanes of at least 4 members (excludes halogenated alkanes) is 1. The van der Waals surface area contributed by atoms with Crippen molar-refractivity contribution >= 4 is 29.2 Å². The summed E-state index contributed by atoms with van der Waals surface area (Å²) in [6.07, 6.45) is 5.22. The first kappa shape index (κ1) is 16.6. The lowest BCUT2D eigenvalue weighted by Crippen LogP contribution is -2.40. The fourth-order valence-corrected chi connectivity index (χ4v) is 4.23. The van der Waals surface area contributed by atoms with E-state index in [9.17, 15) is 9.59 Å². The van der Waals surface area contributed by atoms with E-state index in [1.54, 1.807) is 23.1 Å². The highest BCUT2D eigenvalue weighted by atomic mass is 35.5. The maximum absolute atomic E-state index is 13.1. The van der Waals surface area contributed by atoms with Crippen molar-refractivity contribution in [1.29, 1.82) is 0 Å². The van der Waals surface area contributed by atoms with Crippen molar-refractivity contribution in [3.8, 4) is 0 Å². The summed E-state index contributed by atoms with van der Waals surface area (Å²) in [6, 6.07) is 7.16. The molecule has 4 atom stereocenters. The summed E-state index contributed by atoms with van der Waals surface area (Å²) in [7, 11) is 0. The maximum atomic E-state index is 13.1. The topological polar surface area (TPSA) is 55.8 Å². The van der Waals surface area contributed by atoms with Crippen molar-refractivity contribution in [3.63, 3.8) is 0 Å². The van der Waals surface area contributed by atoms with Crippen LogP contribution in [0.3, 0.4) is 0 Å². The smallest absolute Gasteiger partial charge is 0.312 e.